The van der Waals surface area contributed by atoms with Crippen molar-refractivity contribution in [1.29, 1.82) is 0 Å². The maximum Gasteiger partial charge on any atom is 0.269 e. The van der Waals surface area contributed by atoms with Crippen molar-refractivity contribution >= 4 is 35.6 Å². The number of non-ortho nitro benzene ring substituents is 1. The zero-order valence-corrected chi connectivity index (χ0v) is 16.1. The van der Waals surface area contributed by atoms with Gasteiger partial charge in [-0.25, -0.2) is 4.99 Å². The maximum atomic E-state index is 10.6. The maximum absolute atomic E-state index is 10.6. The molecule has 0 atom stereocenters. The number of benzene rings is 1. The van der Waals surface area contributed by atoms with E-state index in [1.54, 1.807) is 12.1 Å². The van der Waals surface area contributed by atoms with Gasteiger partial charge in [0.25, 0.3) is 5.69 Å². The standard InChI is InChI=1S/C15H24N4O4.HI/c1-2-7-16-15(17-8-10-23-11-9-20)18-12-13-3-5-14(6-4-13)19(21)22;/h3-6,20H,2,7-12H2,1H3,(H2,16,17,18);1H. The van der Waals surface area contributed by atoms with Gasteiger partial charge in [0.1, 0.15) is 0 Å². The molecule has 0 aromatic heterocycles. The second-order valence-corrected chi connectivity index (χ2v) is 4.78. The number of guanidine groups is 1. The van der Waals surface area contributed by atoms with Crippen molar-refractivity contribution in [1.82, 2.24) is 10.6 Å². The van der Waals surface area contributed by atoms with Gasteiger partial charge < -0.3 is 20.5 Å². The number of nitrogens with one attached hydrogen (secondary N) is 2. The quantitative estimate of drug-likeness (QED) is 0.125. The van der Waals surface area contributed by atoms with Gasteiger partial charge in [0, 0.05) is 25.2 Å². The fourth-order valence-electron chi connectivity index (χ4n) is 1.72. The van der Waals surface area contributed by atoms with Crippen molar-refractivity contribution in [2.45, 2.75) is 19.9 Å². The summed E-state index contributed by atoms with van der Waals surface area (Å²) in [5.74, 6) is 0.665. The number of ether oxygens (including phenoxy) is 1. The predicted octanol–water partition coefficient (Wildman–Crippen LogP) is 1.67. The van der Waals surface area contributed by atoms with E-state index in [1.165, 1.54) is 12.1 Å². The Balaban J connectivity index is 0.00000529. The molecule has 0 fully saturated rings. The van der Waals surface area contributed by atoms with Gasteiger partial charge in [-0.15, -0.1) is 24.0 Å². The number of halogens is 1. The SMILES string of the molecule is CCCNC(=NCc1ccc([N+](=O)[O-])cc1)NCCOCCO.I. The lowest BCUT2D eigenvalue weighted by atomic mass is 10.2. The van der Waals surface area contributed by atoms with Gasteiger partial charge in [-0.1, -0.05) is 19.1 Å². The highest BCUT2D eigenvalue weighted by Gasteiger charge is 2.04. The minimum absolute atomic E-state index is 0. The Labute approximate surface area is 158 Å². The van der Waals surface area contributed by atoms with Gasteiger partial charge in [0.2, 0.25) is 0 Å². The van der Waals surface area contributed by atoms with Crippen LogP contribution < -0.4 is 10.6 Å². The highest BCUT2D eigenvalue weighted by Crippen LogP contribution is 2.12. The fraction of sp³-hybridized carbons (Fsp3) is 0.533. The molecule has 24 heavy (non-hydrogen) atoms. The highest BCUT2D eigenvalue weighted by molar-refractivity contribution is 14.0. The first-order valence-corrected chi connectivity index (χ1v) is 7.61. The summed E-state index contributed by atoms with van der Waals surface area (Å²) in [6.45, 7) is 4.67. The molecule has 0 amide bonds. The molecular weight excluding hydrogens is 427 g/mol. The fourth-order valence-corrected chi connectivity index (χ4v) is 1.72. The van der Waals surface area contributed by atoms with Gasteiger partial charge in [0.15, 0.2) is 5.96 Å². The molecule has 9 heteroatoms. The first-order chi connectivity index (χ1) is 11.2. The minimum Gasteiger partial charge on any atom is -0.394 e. The van der Waals surface area contributed by atoms with Crippen LogP contribution in [0.5, 0.6) is 0 Å². The van der Waals surface area contributed by atoms with Gasteiger partial charge >= 0.3 is 0 Å². The molecule has 1 rings (SSSR count). The molecule has 0 saturated heterocycles. The van der Waals surface area contributed by atoms with E-state index in [4.69, 9.17) is 9.84 Å². The number of hydrogen-bond donors (Lipinski definition) is 3. The third-order valence-electron chi connectivity index (χ3n) is 2.88. The van der Waals surface area contributed by atoms with Crippen LogP contribution >= 0.6 is 24.0 Å². The molecule has 0 spiro atoms. The number of nitro groups is 1. The van der Waals surface area contributed by atoms with Crippen LogP contribution in [0, 0.1) is 10.1 Å². The molecule has 3 N–H and O–H groups in total. The Morgan fingerprint density at radius 2 is 1.92 bits per heavy atom. The molecule has 0 heterocycles. The Morgan fingerprint density at radius 3 is 2.50 bits per heavy atom. The van der Waals surface area contributed by atoms with Crippen molar-refractivity contribution < 1.29 is 14.8 Å². The van der Waals surface area contributed by atoms with Crippen LogP contribution in [0.15, 0.2) is 29.3 Å². The largest absolute Gasteiger partial charge is 0.394 e. The van der Waals surface area contributed by atoms with Crippen LogP contribution in [0.3, 0.4) is 0 Å². The molecule has 0 bridgehead atoms. The van der Waals surface area contributed by atoms with E-state index in [0.29, 0.717) is 32.3 Å². The second-order valence-electron chi connectivity index (χ2n) is 4.78. The normalized spacial score (nSPS) is 10.8. The Bertz CT molecular complexity index is 497. The van der Waals surface area contributed by atoms with Gasteiger partial charge in [-0.05, 0) is 12.0 Å². The average molecular weight is 452 g/mol. The molecular formula is C15H25IN4O4. The first-order valence-electron chi connectivity index (χ1n) is 7.61. The van der Waals surface area contributed by atoms with Crippen molar-refractivity contribution in [3.05, 3.63) is 39.9 Å². The average Bonchev–Trinajstić information content (AvgIpc) is 2.56. The molecule has 1 aromatic rings. The van der Waals surface area contributed by atoms with E-state index >= 15 is 0 Å². The number of nitro benzene ring substituents is 1. The molecule has 8 nitrogen and oxygen atoms in total. The summed E-state index contributed by atoms with van der Waals surface area (Å²) in [5.41, 5.74) is 0.964. The minimum atomic E-state index is -0.421. The molecule has 0 saturated carbocycles. The smallest absolute Gasteiger partial charge is 0.269 e. The van der Waals surface area contributed by atoms with Crippen LogP contribution in [0.1, 0.15) is 18.9 Å². The lowest BCUT2D eigenvalue weighted by Gasteiger charge is -2.12. The first kappa shape index (κ1) is 22.5. The third-order valence-corrected chi connectivity index (χ3v) is 2.88. The monoisotopic (exact) mass is 452 g/mol. The van der Waals surface area contributed by atoms with Crippen LogP contribution in [-0.2, 0) is 11.3 Å². The van der Waals surface area contributed by atoms with Crippen molar-refractivity contribution in [2.75, 3.05) is 32.9 Å². The van der Waals surface area contributed by atoms with Gasteiger partial charge in [-0.3, -0.25) is 10.1 Å². The van der Waals surface area contributed by atoms with E-state index in [2.05, 4.69) is 22.5 Å². The van der Waals surface area contributed by atoms with Crippen molar-refractivity contribution in [3.8, 4) is 0 Å². The number of rotatable bonds is 10. The molecule has 136 valence electrons. The van der Waals surface area contributed by atoms with Gasteiger partial charge in [0.05, 0.1) is 31.3 Å². The lowest BCUT2D eigenvalue weighted by molar-refractivity contribution is -0.384. The molecule has 0 aliphatic rings. The Hall–Kier alpha value is -1.46. The third kappa shape index (κ3) is 9.63. The van der Waals surface area contributed by atoms with Gasteiger partial charge in [-0.2, -0.15) is 0 Å². The van der Waals surface area contributed by atoms with Crippen molar-refractivity contribution in [2.24, 2.45) is 4.99 Å². The lowest BCUT2D eigenvalue weighted by Crippen LogP contribution is -2.39. The zero-order chi connectivity index (χ0) is 16.9. The molecule has 1 aromatic carbocycles. The predicted molar refractivity (Wildman–Crippen MR) is 104 cm³/mol. The number of aliphatic imine (C=N–C) groups is 1. The van der Waals surface area contributed by atoms with Crippen molar-refractivity contribution in [3.63, 3.8) is 0 Å². The van der Waals surface area contributed by atoms with Crippen LogP contribution in [0.25, 0.3) is 0 Å². The Morgan fingerprint density at radius 1 is 1.25 bits per heavy atom. The highest BCUT2D eigenvalue weighted by atomic mass is 127. The van der Waals surface area contributed by atoms with E-state index in [0.717, 1.165) is 18.5 Å². The summed E-state index contributed by atoms with van der Waals surface area (Å²) in [5, 5.41) is 25.6. The number of aliphatic hydroxyl groups excluding tert-OH is 1. The van der Waals surface area contributed by atoms with E-state index in [-0.39, 0.29) is 36.3 Å². The Kier molecular flexibility index (Phi) is 13.1. The van der Waals surface area contributed by atoms with Crippen LogP contribution in [0.2, 0.25) is 0 Å². The van der Waals surface area contributed by atoms with E-state index in [1.807, 2.05) is 0 Å². The van der Waals surface area contributed by atoms with E-state index in [9.17, 15) is 10.1 Å². The molecule has 0 aliphatic heterocycles. The summed E-state index contributed by atoms with van der Waals surface area (Å²) in [6, 6.07) is 6.34. The summed E-state index contributed by atoms with van der Waals surface area (Å²) < 4.78 is 5.18. The molecule has 0 unspecified atom stereocenters. The number of aliphatic hydroxyl groups is 1. The topological polar surface area (TPSA) is 109 Å². The van der Waals surface area contributed by atoms with Crippen LogP contribution in [0.4, 0.5) is 5.69 Å². The number of hydrogen-bond acceptors (Lipinski definition) is 5. The number of nitrogens with zero attached hydrogens (tertiary/aromatic N) is 2. The summed E-state index contributed by atoms with van der Waals surface area (Å²) in [7, 11) is 0. The summed E-state index contributed by atoms with van der Waals surface area (Å²) >= 11 is 0. The van der Waals surface area contributed by atoms with E-state index < -0.39 is 4.92 Å². The summed E-state index contributed by atoms with van der Waals surface area (Å²) in [4.78, 5) is 14.6. The molecule has 0 aliphatic carbocycles. The second kappa shape index (κ2) is 13.9. The van der Waals surface area contributed by atoms with Crippen LogP contribution in [-0.4, -0.2) is 48.9 Å². The molecule has 0 radical (unpaired) electrons. The zero-order valence-electron chi connectivity index (χ0n) is 13.7. The summed E-state index contributed by atoms with van der Waals surface area (Å²) in [6.07, 6.45) is 0.971.